The minimum atomic E-state index is -3.42. The van der Waals surface area contributed by atoms with E-state index in [1.165, 1.54) is 4.31 Å². The zero-order chi connectivity index (χ0) is 13.9. The van der Waals surface area contributed by atoms with E-state index < -0.39 is 16.0 Å². The summed E-state index contributed by atoms with van der Waals surface area (Å²) >= 11 is 0. The number of hydrogen-bond donors (Lipinski definition) is 1. The van der Waals surface area contributed by atoms with E-state index in [4.69, 9.17) is 5.11 Å². The van der Waals surface area contributed by atoms with Gasteiger partial charge in [-0.1, -0.05) is 18.2 Å². The van der Waals surface area contributed by atoms with Gasteiger partial charge in [-0.05, 0) is 30.9 Å². The molecule has 104 valence electrons. The number of carboxylic acids is 1. The topological polar surface area (TPSA) is 74.7 Å². The number of sulfonamides is 1. The molecule has 5 nitrogen and oxygen atoms in total. The monoisotopic (exact) mass is 283 g/mol. The van der Waals surface area contributed by atoms with Gasteiger partial charge >= 0.3 is 5.97 Å². The van der Waals surface area contributed by atoms with Crippen molar-refractivity contribution < 1.29 is 18.3 Å². The lowest BCUT2D eigenvalue weighted by Crippen LogP contribution is -2.28. The molecular weight excluding hydrogens is 266 g/mol. The van der Waals surface area contributed by atoms with Crippen molar-refractivity contribution in [1.82, 2.24) is 4.31 Å². The number of rotatable bonds is 5. The summed E-state index contributed by atoms with van der Waals surface area (Å²) in [5.74, 6) is -0.682. The third-order valence-corrected chi connectivity index (χ3v) is 5.28. The lowest BCUT2D eigenvalue weighted by atomic mass is 10.0. The first-order valence-corrected chi connectivity index (χ1v) is 7.71. The maximum Gasteiger partial charge on any atom is 0.303 e. The molecule has 1 N–H and O–H groups in total. The van der Waals surface area contributed by atoms with Crippen molar-refractivity contribution in [2.75, 3.05) is 13.1 Å². The molecule has 0 radical (unpaired) electrons. The Morgan fingerprint density at radius 3 is 2.63 bits per heavy atom. The highest BCUT2D eigenvalue weighted by molar-refractivity contribution is 7.89. The Morgan fingerprint density at radius 2 is 2.00 bits per heavy atom. The quantitative estimate of drug-likeness (QED) is 0.890. The lowest BCUT2D eigenvalue weighted by molar-refractivity contribution is -0.137. The van der Waals surface area contributed by atoms with E-state index in [1.807, 2.05) is 0 Å². The third kappa shape index (κ3) is 3.33. The van der Waals surface area contributed by atoms with Gasteiger partial charge < -0.3 is 5.11 Å². The van der Waals surface area contributed by atoms with E-state index in [0.29, 0.717) is 24.4 Å². The normalized spacial score (nSPS) is 20.5. The van der Waals surface area contributed by atoms with Crippen LogP contribution in [0.2, 0.25) is 0 Å². The van der Waals surface area contributed by atoms with Gasteiger partial charge in [0.2, 0.25) is 10.0 Å². The van der Waals surface area contributed by atoms with Crippen molar-refractivity contribution in [2.45, 2.75) is 24.2 Å². The average Bonchev–Trinajstić information content (AvgIpc) is 2.87. The van der Waals surface area contributed by atoms with Gasteiger partial charge in [0.15, 0.2) is 0 Å². The molecular formula is C13H17NO4S. The van der Waals surface area contributed by atoms with Crippen molar-refractivity contribution in [3.8, 4) is 0 Å². The summed E-state index contributed by atoms with van der Waals surface area (Å²) in [6, 6.07) is 8.34. The molecule has 1 aliphatic heterocycles. The van der Waals surface area contributed by atoms with Gasteiger partial charge in [-0.3, -0.25) is 4.79 Å². The molecule has 1 saturated heterocycles. The van der Waals surface area contributed by atoms with E-state index in [0.717, 1.165) is 6.42 Å². The van der Waals surface area contributed by atoms with Crippen LogP contribution in [-0.2, 0) is 14.8 Å². The van der Waals surface area contributed by atoms with Crippen LogP contribution in [0, 0.1) is 5.92 Å². The Hall–Kier alpha value is -1.40. The number of carboxylic acid groups (broad SMARTS) is 1. The SMILES string of the molecule is O=C(O)CCC1CCN(S(=O)(=O)c2ccccc2)C1. The van der Waals surface area contributed by atoms with E-state index in [1.54, 1.807) is 30.3 Å². The molecule has 6 heteroatoms. The summed E-state index contributed by atoms with van der Waals surface area (Å²) in [5, 5.41) is 8.65. The molecule has 19 heavy (non-hydrogen) atoms. The van der Waals surface area contributed by atoms with Crippen LogP contribution in [0.15, 0.2) is 35.2 Å². The Morgan fingerprint density at radius 1 is 1.32 bits per heavy atom. The summed E-state index contributed by atoms with van der Waals surface area (Å²) in [6.45, 7) is 0.895. The van der Waals surface area contributed by atoms with Crippen LogP contribution in [0.5, 0.6) is 0 Å². The second-order valence-electron chi connectivity index (χ2n) is 4.76. The smallest absolute Gasteiger partial charge is 0.303 e. The molecule has 0 bridgehead atoms. The number of hydrogen-bond acceptors (Lipinski definition) is 3. The van der Waals surface area contributed by atoms with Crippen molar-refractivity contribution >= 4 is 16.0 Å². The predicted octanol–water partition coefficient (Wildman–Crippen LogP) is 1.56. The number of aliphatic carboxylic acids is 1. The first kappa shape index (κ1) is 14.0. The van der Waals surface area contributed by atoms with Crippen molar-refractivity contribution in [1.29, 1.82) is 0 Å². The van der Waals surface area contributed by atoms with Crippen LogP contribution in [0.4, 0.5) is 0 Å². The first-order valence-electron chi connectivity index (χ1n) is 6.27. The molecule has 0 saturated carbocycles. The fraction of sp³-hybridized carbons (Fsp3) is 0.462. The lowest BCUT2D eigenvalue weighted by Gasteiger charge is -2.16. The van der Waals surface area contributed by atoms with Crippen LogP contribution in [-0.4, -0.2) is 36.9 Å². The molecule has 0 spiro atoms. The molecule has 1 fully saturated rings. The molecule has 1 atom stereocenters. The van der Waals surface area contributed by atoms with Crippen molar-refractivity contribution in [3.63, 3.8) is 0 Å². The minimum Gasteiger partial charge on any atom is -0.481 e. The van der Waals surface area contributed by atoms with E-state index in [-0.39, 0.29) is 12.3 Å². The summed E-state index contributed by atoms with van der Waals surface area (Å²) < 4.78 is 26.1. The minimum absolute atomic E-state index is 0.101. The maximum atomic E-state index is 12.3. The van der Waals surface area contributed by atoms with Crippen LogP contribution in [0.25, 0.3) is 0 Å². The average molecular weight is 283 g/mol. The zero-order valence-electron chi connectivity index (χ0n) is 10.5. The Balaban J connectivity index is 2.02. The highest BCUT2D eigenvalue weighted by atomic mass is 32.2. The molecule has 1 heterocycles. The molecule has 1 aromatic carbocycles. The van der Waals surface area contributed by atoms with Crippen LogP contribution in [0.1, 0.15) is 19.3 Å². The number of carbonyl (C=O) groups is 1. The van der Waals surface area contributed by atoms with Gasteiger partial charge in [0.05, 0.1) is 4.90 Å². The molecule has 0 aromatic heterocycles. The van der Waals surface area contributed by atoms with Gasteiger partial charge in [0.25, 0.3) is 0 Å². The maximum absolute atomic E-state index is 12.3. The largest absolute Gasteiger partial charge is 0.481 e. The van der Waals surface area contributed by atoms with Crippen LogP contribution >= 0.6 is 0 Å². The Labute approximate surface area is 112 Å². The molecule has 1 unspecified atom stereocenters. The third-order valence-electron chi connectivity index (χ3n) is 3.40. The van der Waals surface area contributed by atoms with E-state index >= 15 is 0 Å². The summed E-state index contributed by atoms with van der Waals surface area (Å²) in [5.41, 5.74) is 0. The van der Waals surface area contributed by atoms with Gasteiger partial charge in [0, 0.05) is 19.5 Å². The van der Waals surface area contributed by atoms with Crippen molar-refractivity contribution in [2.24, 2.45) is 5.92 Å². The summed E-state index contributed by atoms with van der Waals surface area (Å²) in [6.07, 6.45) is 1.37. The number of benzene rings is 1. The zero-order valence-corrected chi connectivity index (χ0v) is 11.3. The van der Waals surface area contributed by atoms with Crippen LogP contribution < -0.4 is 0 Å². The Kier molecular flexibility index (Phi) is 4.21. The molecule has 2 rings (SSSR count). The molecule has 1 aliphatic rings. The second-order valence-corrected chi connectivity index (χ2v) is 6.70. The summed E-state index contributed by atoms with van der Waals surface area (Å²) in [7, 11) is -3.42. The van der Waals surface area contributed by atoms with Gasteiger partial charge in [-0.15, -0.1) is 0 Å². The molecule has 0 amide bonds. The fourth-order valence-corrected chi connectivity index (χ4v) is 3.87. The predicted molar refractivity (Wildman–Crippen MR) is 70.2 cm³/mol. The van der Waals surface area contributed by atoms with E-state index in [2.05, 4.69) is 0 Å². The van der Waals surface area contributed by atoms with Gasteiger partial charge in [-0.25, -0.2) is 8.42 Å². The Bertz CT molecular complexity index is 541. The van der Waals surface area contributed by atoms with Crippen molar-refractivity contribution in [3.05, 3.63) is 30.3 Å². The van der Waals surface area contributed by atoms with Gasteiger partial charge in [0.1, 0.15) is 0 Å². The second kappa shape index (κ2) is 5.71. The highest BCUT2D eigenvalue weighted by Gasteiger charge is 2.32. The van der Waals surface area contributed by atoms with Gasteiger partial charge in [-0.2, -0.15) is 4.31 Å². The van der Waals surface area contributed by atoms with Crippen LogP contribution in [0.3, 0.4) is 0 Å². The molecule has 1 aromatic rings. The highest BCUT2D eigenvalue weighted by Crippen LogP contribution is 2.26. The summed E-state index contributed by atoms with van der Waals surface area (Å²) in [4.78, 5) is 10.8. The van der Waals surface area contributed by atoms with E-state index in [9.17, 15) is 13.2 Å². The standard InChI is InChI=1S/C13H17NO4S/c15-13(16)7-6-11-8-9-14(10-11)19(17,18)12-4-2-1-3-5-12/h1-5,11H,6-10H2,(H,15,16). The first-order chi connectivity index (χ1) is 9.00. The molecule has 0 aliphatic carbocycles. The fourth-order valence-electron chi connectivity index (χ4n) is 2.32. The number of nitrogens with zero attached hydrogens (tertiary/aromatic N) is 1.